The van der Waals surface area contributed by atoms with Gasteiger partial charge in [-0.3, -0.25) is 4.79 Å². The van der Waals surface area contributed by atoms with E-state index in [-0.39, 0.29) is 22.5 Å². The predicted octanol–water partition coefficient (Wildman–Crippen LogP) is 4.52. The van der Waals surface area contributed by atoms with Crippen molar-refractivity contribution in [1.82, 2.24) is 14.8 Å². The summed E-state index contributed by atoms with van der Waals surface area (Å²) in [5.41, 5.74) is 2.07. The Morgan fingerprint density at radius 3 is 2.26 bits per heavy atom. The zero-order valence-corrected chi connectivity index (χ0v) is 15.5. The Morgan fingerprint density at radius 1 is 1.13 bits per heavy atom. The van der Waals surface area contributed by atoms with Crippen molar-refractivity contribution in [1.29, 1.82) is 0 Å². The van der Waals surface area contributed by atoms with E-state index < -0.39 is 0 Å². The quantitative estimate of drug-likeness (QED) is 0.597. The number of ketones is 1. The van der Waals surface area contributed by atoms with Crippen LogP contribution in [0.3, 0.4) is 0 Å². The Hall–Kier alpha value is -1.62. The van der Waals surface area contributed by atoms with Crippen LogP contribution in [0.25, 0.3) is 0 Å². The molecule has 2 rings (SSSR count). The summed E-state index contributed by atoms with van der Waals surface area (Å²) in [5, 5.41) is 8.66. The van der Waals surface area contributed by atoms with Gasteiger partial charge in [-0.2, -0.15) is 0 Å². The molecular formula is C18H25N3OS. The van der Waals surface area contributed by atoms with Crippen LogP contribution in [0.4, 0.5) is 0 Å². The second kappa shape index (κ2) is 6.87. The van der Waals surface area contributed by atoms with Gasteiger partial charge in [0.15, 0.2) is 10.9 Å². The number of Topliss-reactive ketones (excluding diaryl/α,β-unsaturated/α-hetero) is 1. The van der Waals surface area contributed by atoms with E-state index in [2.05, 4.69) is 44.8 Å². The van der Waals surface area contributed by atoms with E-state index in [1.807, 2.05) is 35.8 Å². The van der Waals surface area contributed by atoms with Crippen molar-refractivity contribution in [2.75, 3.05) is 0 Å². The zero-order valence-electron chi connectivity index (χ0n) is 14.7. The van der Waals surface area contributed by atoms with Gasteiger partial charge in [-0.1, -0.05) is 56.8 Å². The smallest absolute Gasteiger partial charge is 0.191 e. The molecule has 0 saturated heterocycles. The first-order valence-corrected chi connectivity index (χ1v) is 8.79. The van der Waals surface area contributed by atoms with E-state index in [9.17, 15) is 4.79 Å². The van der Waals surface area contributed by atoms with Crippen LogP contribution in [-0.2, 0) is 5.41 Å². The summed E-state index contributed by atoms with van der Waals surface area (Å²) >= 11 is 1.46. The number of carbonyl (C=O) groups excluding carboxylic acids is 1. The van der Waals surface area contributed by atoms with Crippen LogP contribution >= 0.6 is 11.8 Å². The lowest BCUT2D eigenvalue weighted by Crippen LogP contribution is -2.16. The Bertz CT molecular complexity index is 668. The van der Waals surface area contributed by atoms with Gasteiger partial charge in [0.25, 0.3) is 0 Å². The first-order valence-electron chi connectivity index (χ1n) is 7.91. The van der Waals surface area contributed by atoms with Crippen molar-refractivity contribution in [3.8, 4) is 0 Å². The lowest BCUT2D eigenvalue weighted by atomic mass is 9.86. The highest BCUT2D eigenvalue weighted by Crippen LogP contribution is 2.27. The highest BCUT2D eigenvalue weighted by Gasteiger charge is 2.21. The Kier molecular flexibility index (Phi) is 5.30. The maximum atomic E-state index is 12.6. The minimum Gasteiger partial charge on any atom is -0.306 e. The fraction of sp³-hybridized carbons (Fsp3) is 0.500. The first kappa shape index (κ1) is 17.7. The highest BCUT2D eigenvalue weighted by molar-refractivity contribution is 8.00. The molecule has 0 aliphatic carbocycles. The number of nitrogens with zero attached hydrogens (tertiary/aromatic N) is 3. The molecule has 1 unspecified atom stereocenters. The number of rotatable bonds is 5. The van der Waals surface area contributed by atoms with Crippen LogP contribution in [-0.4, -0.2) is 25.8 Å². The molecule has 2 aromatic rings. The van der Waals surface area contributed by atoms with Crippen molar-refractivity contribution in [2.45, 2.75) is 63.4 Å². The number of hydrogen-bond donors (Lipinski definition) is 0. The molecule has 0 spiro atoms. The minimum atomic E-state index is -0.197. The SMILES string of the molecule is CC(Sc1nncn1C(C)C)C(=O)c1ccc(C(C)(C)C)cc1. The molecule has 0 aliphatic rings. The van der Waals surface area contributed by atoms with Gasteiger partial charge in [-0.15, -0.1) is 10.2 Å². The maximum absolute atomic E-state index is 12.6. The minimum absolute atomic E-state index is 0.0929. The molecule has 1 aromatic carbocycles. The van der Waals surface area contributed by atoms with Crippen LogP contribution in [0, 0.1) is 0 Å². The van der Waals surface area contributed by atoms with Gasteiger partial charge in [0, 0.05) is 11.6 Å². The second-order valence-corrected chi connectivity index (χ2v) is 8.37. The summed E-state index contributed by atoms with van der Waals surface area (Å²) < 4.78 is 1.98. The third-order valence-electron chi connectivity index (χ3n) is 3.78. The Labute approximate surface area is 142 Å². The third-order valence-corrected chi connectivity index (χ3v) is 4.85. The number of thioether (sulfide) groups is 1. The van der Waals surface area contributed by atoms with Gasteiger partial charge < -0.3 is 4.57 Å². The third kappa shape index (κ3) is 4.22. The molecule has 4 nitrogen and oxygen atoms in total. The normalized spacial score (nSPS) is 13.3. The molecule has 0 N–H and O–H groups in total. The summed E-state index contributed by atoms with van der Waals surface area (Å²) in [6.07, 6.45) is 1.71. The molecule has 1 heterocycles. The molecule has 5 heteroatoms. The van der Waals surface area contributed by atoms with Gasteiger partial charge in [0.1, 0.15) is 6.33 Å². The van der Waals surface area contributed by atoms with Crippen molar-refractivity contribution < 1.29 is 4.79 Å². The Morgan fingerprint density at radius 2 is 1.74 bits per heavy atom. The van der Waals surface area contributed by atoms with Gasteiger partial charge in [-0.25, -0.2) is 0 Å². The standard InChI is InChI=1S/C18H25N3OS/c1-12(2)21-11-19-20-17(21)23-13(3)16(22)14-7-9-15(10-8-14)18(4,5)6/h7-13H,1-6H3. The maximum Gasteiger partial charge on any atom is 0.191 e. The fourth-order valence-corrected chi connectivity index (χ4v) is 3.28. The summed E-state index contributed by atoms with van der Waals surface area (Å²) in [6, 6.07) is 8.21. The van der Waals surface area contributed by atoms with E-state index in [0.717, 1.165) is 10.7 Å². The van der Waals surface area contributed by atoms with Crippen molar-refractivity contribution in [3.63, 3.8) is 0 Å². The van der Waals surface area contributed by atoms with Crippen molar-refractivity contribution in [3.05, 3.63) is 41.7 Å². The number of hydrogen-bond acceptors (Lipinski definition) is 4. The molecule has 124 valence electrons. The topological polar surface area (TPSA) is 47.8 Å². The number of carbonyl (C=O) groups is 1. The molecule has 23 heavy (non-hydrogen) atoms. The molecule has 0 radical (unpaired) electrons. The van der Waals surface area contributed by atoms with Crippen molar-refractivity contribution in [2.24, 2.45) is 0 Å². The molecule has 0 amide bonds. The van der Waals surface area contributed by atoms with E-state index in [0.29, 0.717) is 0 Å². The highest BCUT2D eigenvalue weighted by atomic mass is 32.2. The molecule has 1 aromatic heterocycles. The summed E-state index contributed by atoms with van der Waals surface area (Å²) in [5.74, 6) is 0.119. The van der Waals surface area contributed by atoms with Crippen LogP contribution in [0.2, 0.25) is 0 Å². The fourth-order valence-electron chi connectivity index (χ4n) is 2.25. The van der Waals surface area contributed by atoms with Crippen LogP contribution in [0.5, 0.6) is 0 Å². The van der Waals surface area contributed by atoms with Gasteiger partial charge in [0.2, 0.25) is 0 Å². The predicted molar refractivity (Wildman–Crippen MR) is 95.2 cm³/mol. The molecule has 1 atom stereocenters. The van der Waals surface area contributed by atoms with Crippen molar-refractivity contribution >= 4 is 17.5 Å². The zero-order chi connectivity index (χ0) is 17.2. The number of benzene rings is 1. The number of aromatic nitrogens is 3. The molecular weight excluding hydrogens is 306 g/mol. The summed E-state index contributed by atoms with van der Waals surface area (Å²) in [4.78, 5) is 12.6. The molecule has 0 aliphatic heterocycles. The van der Waals surface area contributed by atoms with E-state index in [4.69, 9.17) is 0 Å². The second-order valence-electron chi connectivity index (χ2n) is 7.07. The monoisotopic (exact) mass is 331 g/mol. The van der Waals surface area contributed by atoms with Gasteiger partial charge >= 0.3 is 0 Å². The van der Waals surface area contributed by atoms with E-state index >= 15 is 0 Å². The van der Waals surface area contributed by atoms with E-state index in [1.165, 1.54) is 17.3 Å². The molecule has 0 fully saturated rings. The molecule has 0 bridgehead atoms. The van der Waals surface area contributed by atoms with Gasteiger partial charge in [-0.05, 0) is 31.7 Å². The first-order chi connectivity index (χ1) is 10.7. The largest absolute Gasteiger partial charge is 0.306 e. The van der Waals surface area contributed by atoms with Crippen LogP contribution in [0.15, 0.2) is 35.7 Å². The van der Waals surface area contributed by atoms with Crippen LogP contribution in [0.1, 0.15) is 63.5 Å². The average Bonchev–Trinajstić information content (AvgIpc) is 2.94. The average molecular weight is 331 g/mol. The van der Waals surface area contributed by atoms with E-state index in [1.54, 1.807) is 6.33 Å². The lowest BCUT2D eigenvalue weighted by molar-refractivity contribution is 0.0993. The summed E-state index contributed by atoms with van der Waals surface area (Å²) in [6.45, 7) is 12.6. The van der Waals surface area contributed by atoms with Gasteiger partial charge in [0.05, 0.1) is 5.25 Å². The molecule has 0 saturated carbocycles. The van der Waals surface area contributed by atoms with Crippen LogP contribution < -0.4 is 0 Å². The Balaban J connectivity index is 2.12. The lowest BCUT2D eigenvalue weighted by Gasteiger charge is -2.19. The summed E-state index contributed by atoms with van der Waals surface area (Å²) in [7, 11) is 0.